The standard InChI is InChI=1S/2C28H21.C2H6Si.2ClH.Zr/c2*1-4-10-21(11-5-1)18-22-19-27-25(23-12-6-2-7-13-23)16-17-26(28(27)20-22)24-14-8-3-9-15-24;1-3-2;;;/h2*1-17,19-20H,18H2;1-2H3;2*1H;/q2*-1;;;;+2/p-2. The molecule has 0 atom stereocenters. The first-order valence-electron chi connectivity index (χ1n) is 20.8. The van der Waals surface area contributed by atoms with Gasteiger partial charge in [-0.1, -0.05) is 240 Å². The minimum Gasteiger partial charge on any atom is -1.00 e. The van der Waals surface area contributed by atoms with Crippen LogP contribution in [0, 0.1) is 0 Å². The summed E-state index contributed by atoms with van der Waals surface area (Å²) in [7, 11) is 0. The minimum atomic E-state index is 0. The molecule has 0 amide bonds. The topological polar surface area (TPSA) is 0 Å². The van der Waals surface area contributed by atoms with Gasteiger partial charge in [0.25, 0.3) is 0 Å². The molecule has 0 fully saturated rings. The normalized spacial score (nSPS) is 10.4. The van der Waals surface area contributed by atoms with Crippen molar-refractivity contribution in [2.24, 2.45) is 0 Å². The summed E-state index contributed by atoms with van der Waals surface area (Å²) in [6, 6.07) is 82.7. The molecule has 0 heterocycles. The molecule has 62 heavy (non-hydrogen) atoms. The van der Waals surface area contributed by atoms with Gasteiger partial charge in [0.15, 0.2) is 0 Å². The van der Waals surface area contributed by atoms with Crippen molar-refractivity contribution < 1.29 is 48.1 Å². The third-order valence-electron chi connectivity index (χ3n) is 10.7. The zero-order valence-electron chi connectivity index (χ0n) is 35.1. The average molecular weight is 935 g/mol. The second-order valence-electron chi connectivity index (χ2n) is 15.5. The van der Waals surface area contributed by atoms with Crippen molar-refractivity contribution in [3.05, 3.63) is 253 Å². The Morgan fingerprint density at radius 3 is 0.887 bits per heavy atom. The molecule has 0 aromatic heterocycles. The summed E-state index contributed by atoms with van der Waals surface area (Å²) in [4.78, 5) is 0. The first-order chi connectivity index (χ1) is 29.5. The summed E-state index contributed by atoms with van der Waals surface area (Å²) in [5, 5.41) is 5.33. The van der Waals surface area contributed by atoms with Crippen molar-refractivity contribution in [3.8, 4) is 44.5 Å². The number of benzene rings is 8. The molecule has 0 radical (unpaired) electrons. The van der Waals surface area contributed by atoms with Gasteiger partial charge in [-0.15, -0.1) is 44.8 Å². The zero-order valence-corrected chi connectivity index (χ0v) is 40.1. The van der Waals surface area contributed by atoms with Crippen molar-refractivity contribution in [1.82, 2.24) is 0 Å². The molecule has 0 aliphatic carbocycles. The van der Waals surface area contributed by atoms with E-state index < -0.39 is 0 Å². The van der Waals surface area contributed by atoms with E-state index in [0.29, 0.717) is 0 Å². The summed E-state index contributed by atoms with van der Waals surface area (Å²) < 4.78 is 0. The van der Waals surface area contributed by atoms with Crippen LogP contribution in [0.1, 0.15) is 22.3 Å². The van der Waals surface area contributed by atoms with Gasteiger partial charge in [0.05, 0.1) is 0 Å². The van der Waals surface area contributed by atoms with Gasteiger partial charge in [-0.25, -0.2) is 0 Å². The summed E-state index contributed by atoms with van der Waals surface area (Å²) in [5.74, 6) is 0. The van der Waals surface area contributed by atoms with Gasteiger partial charge < -0.3 is 24.8 Å². The molecule has 304 valence electrons. The Kier molecular flexibility index (Phi) is 16.9. The number of hydrogen-bond acceptors (Lipinski definition) is 0. The van der Waals surface area contributed by atoms with E-state index in [1.54, 1.807) is 23.3 Å². The van der Waals surface area contributed by atoms with Crippen LogP contribution >= 0.6 is 0 Å². The fourth-order valence-corrected chi connectivity index (χ4v) is 8.06. The summed E-state index contributed by atoms with van der Waals surface area (Å²) >= 11 is 1.74. The number of fused-ring (bicyclic) bond motifs is 2. The quantitative estimate of drug-likeness (QED) is 0.105. The summed E-state index contributed by atoms with van der Waals surface area (Å²) in [6.45, 7) is 4.62. The second-order valence-corrected chi connectivity index (χ2v) is 24.9. The van der Waals surface area contributed by atoms with E-state index in [-0.39, 0.29) is 30.2 Å². The van der Waals surface area contributed by atoms with E-state index in [0.717, 1.165) is 12.8 Å². The maximum Gasteiger partial charge on any atom is -0.0204 e. The molecule has 0 aliphatic rings. The smallest absolute Gasteiger partial charge is 0.0204 e. The fraction of sp³-hybridized carbons (Fsp3) is 0.0690. The van der Waals surface area contributed by atoms with E-state index in [2.05, 4.69) is 244 Å². The first-order valence-corrected chi connectivity index (χ1v) is 26.9. The molecule has 0 unspecified atom stereocenters. The largest absolute Gasteiger partial charge is 1.00 e. The van der Waals surface area contributed by atoms with Crippen LogP contribution in [0.5, 0.6) is 0 Å². The Bertz CT molecular complexity index is 2570. The molecule has 0 aliphatic heterocycles. The molecule has 10 aromatic carbocycles. The van der Waals surface area contributed by atoms with Crippen LogP contribution in [0.4, 0.5) is 0 Å². The van der Waals surface area contributed by atoms with Gasteiger partial charge in [0, 0.05) is 0 Å². The zero-order chi connectivity index (χ0) is 41.1. The fourth-order valence-electron chi connectivity index (χ4n) is 8.06. The van der Waals surface area contributed by atoms with Gasteiger partial charge in [-0.3, -0.25) is 0 Å². The van der Waals surface area contributed by atoms with Gasteiger partial charge in [0.2, 0.25) is 0 Å². The summed E-state index contributed by atoms with van der Waals surface area (Å²) in [5.41, 5.74) is 15.9. The molecule has 10 aromatic rings. The Morgan fingerprint density at radius 1 is 0.355 bits per heavy atom. The molecular formula is C58H48Cl2SiZr-2. The third kappa shape index (κ3) is 11.6. The average Bonchev–Trinajstić information content (AvgIpc) is 3.92. The van der Waals surface area contributed by atoms with Gasteiger partial charge >= 0.3 is 41.9 Å². The third-order valence-corrected chi connectivity index (χ3v) is 10.7. The molecule has 0 nitrogen and oxygen atoms in total. The Hall–Kier alpha value is -5.34. The van der Waals surface area contributed by atoms with Crippen LogP contribution in [0.3, 0.4) is 0 Å². The summed E-state index contributed by atoms with van der Waals surface area (Å²) in [6.07, 6.45) is 1.91. The van der Waals surface area contributed by atoms with E-state index >= 15 is 0 Å². The molecule has 0 saturated carbocycles. The van der Waals surface area contributed by atoms with Crippen LogP contribution in [0.2, 0.25) is 13.1 Å². The SMILES string of the molecule is C[Si](C)=[Zr+2].[Cl-].[Cl-].c1ccc(Cc2cc3c(-c4ccccc4)ccc(-c4ccccc4)c3[cH-]2)cc1.c1ccc(Cc2cc3c(-c4ccccc4)ccc(-c4ccccc4)c3[cH-]2)cc1. The van der Waals surface area contributed by atoms with Crippen LogP contribution < -0.4 is 24.8 Å². The molecule has 4 heteroatoms. The van der Waals surface area contributed by atoms with Crippen molar-refractivity contribution in [2.75, 3.05) is 0 Å². The second kappa shape index (κ2) is 22.7. The van der Waals surface area contributed by atoms with Crippen LogP contribution in [-0.4, -0.2) is 5.43 Å². The number of halogens is 2. The monoisotopic (exact) mass is 932 g/mol. The minimum absolute atomic E-state index is 0. The molecule has 0 bridgehead atoms. The van der Waals surface area contributed by atoms with Crippen molar-refractivity contribution in [1.29, 1.82) is 0 Å². The Balaban J connectivity index is 0.000000185. The number of rotatable bonds is 8. The predicted octanol–water partition coefficient (Wildman–Crippen LogP) is 9.76. The number of hydrogen-bond donors (Lipinski definition) is 0. The van der Waals surface area contributed by atoms with Crippen molar-refractivity contribution >= 4 is 27.0 Å². The van der Waals surface area contributed by atoms with Gasteiger partial charge in [-0.05, 0) is 35.1 Å². The Morgan fingerprint density at radius 2 is 0.597 bits per heavy atom. The molecular weight excluding hydrogens is 887 g/mol. The van der Waals surface area contributed by atoms with E-state index in [4.69, 9.17) is 0 Å². The Labute approximate surface area is 395 Å². The molecule has 0 N–H and O–H groups in total. The van der Waals surface area contributed by atoms with Crippen molar-refractivity contribution in [3.63, 3.8) is 0 Å². The first kappa shape index (κ1) is 46.2. The van der Waals surface area contributed by atoms with Gasteiger partial charge in [-0.2, -0.15) is 12.1 Å². The van der Waals surface area contributed by atoms with E-state index in [1.807, 2.05) is 0 Å². The molecule has 0 saturated heterocycles. The maximum absolute atomic E-state index is 2.37. The maximum atomic E-state index is 2.37. The van der Waals surface area contributed by atoms with Crippen LogP contribution in [-0.2, 0) is 36.2 Å². The van der Waals surface area contributed by atoms with E-state index in [1.165, 1.54) is 88.3 Å². The predicted molar refractivity (Wildman–Crippen MR) is 257 cm³/mol. The van der Waals surface area contributed by atoms with Crippen LogP contribution in [0.15, 0.2) is 231 Å². The van der Waals surface area contributed by atoms with Crippen molar-refractivity contribution in [2.45, 2.75) is 25.9 Å². The van der Waals surface area contributed by atoms with Gasteiger partial charge in [0.1, 0.15) is 0 Å². The van der Waals surface area contributed by atoms with E-state index in [9.17, 15) is 0 Å². The van der Waals surface area contributed by atoms with Crippen LogP contribution in [0.25, 0.3) is 66.1 Å². The molecule has 0 spiro atoms. The molecule has 10 rings (SSSR count).